The fourth-order valence-corrected chi connectivity index (χ4v) is 3.06. The highest BCUT2D eigenvalue weighted by atomic mass is 16.5. The zero-order valence-electron chi connectivity index (χ0n) is 13.6. The molecule has 2 aromatic carbocycles. The van der Waals surface area contributed by atoms with E-state index >= 15 is 0 Å². The molecule has 1 atom stereocenters. The lowest BCUT2D eigenvalue weighted by atomic mass is 9.90. The van der Waals surface area contributed by atoms with Gasteiger partial charge in [-0.3, -0.25) is 4.79 Å². The van der Waals surface area contributed by atoms with E-state index in [4.69, 9.17) is 10.5 Å². The largest absolute Gasteiger partial charge is 0.497 e. The first-order valence-corrected chi connectivity index (χ1v) is 7.97. The first-order valence-electron chi connectivity index (χ1n) is 7.97. The zero-order chi connectivity index (χ0) is 16.4. The van der Waals surface area contributed by atoms with Crippen LogP contribution in [0, 0.1) is 0 Å². The molecule has 0 saturated heterocycles. The molecule has 1 unspecified atom stereocenters. The van der Waals surface area contributed by atoms with Crippen LogP contribution in [-0.2, 0) is 17.6 Å². The minimum Gasteiger partial charge on any atom is -0.497 e. The fraction of sp³-hybridized carbons (Fsp3) is 0.316. The van der Waals surface area contributed by atoms with Crippen molar-refractivity contribution in [1.29, 1.82) is 0 Å². The van der Waals surface area contributed by atoms with Gasteiger partial charge in [0.25, 0.3) is 0 Å². The lowest BCUT2D eigenvalue weighted by Gasteiger charge is -2.23. The summed E-state index contributed by atoms with van der Waals surface area (Å²) in [4.78, 5) is 11.6. The number of nitrogens with two attached hydrogens (primary N) is 1. The van der Waals surface area contributed by atoms with E-state index in [9.17, 15) is 4.79 Å². The van der Waals surface area contributed by atoms with Crippen LogP contribution in [0.4, 0.5) is 5.69 Å². The zero-order valence-corrected chi connectivity index (χ0v) is 13.6. The molecule has 0 fully saturated rings. The van der Waals surface area contributed by atoms with Crippen molar-refractivity contribution in [2.75, 3.05) is 12.4 Å². The Balaban J connectivity index is 1.97. The molecule has 1 aliphatic heterocycles. The van der Waals surface area contributed by atoms with Crippen molar-refractivity contribution < 1.29 is 9.53 Å². The number of nitrogens with one attached hydrogen (secondary N) is 1. The monoisotopic (exact) mass is 310 g/mol. The molecule has 0 aliphatic carbocycles. The molecular formula is C19H22N2O2. The Hall–Kier alpha value is -2.33. The van der Waals surface area contributed by atoms with Crippen molar-refractivity contribution in [2.24, 2.45) is 5.73 Å². The van der Waals surface area contributed by atoms with Gasteiger partial charge in [-0.15, -0.1) is 0 Å². The number of ether oxygens (including phenoxy) is 1. The van der Waals surface area contributed by atoms with Crippen LogP contribution in [0.1, 0.15) is 41.6 Å². The van der Waals surface area contributed by atoms with E-state index in [0.717, 1.165) is 41.0 Å². The summed E-state index contributed by atoms with van der Waals surface area (Å²) < 4.78 is 5.19. The third-order valence-electron chi connectivity index (χ3n) is 4.42. The molecule has 0 radical (unpaired) electrons. The standard InChI is InChI=1S/C19H22N2O2/c1-3-12-10-15(11-14-6-9-17(22)21-19(12)14)18(20)13-4-7-16(23-2)8-5-13/h4-5,7-8,10-11,18H,3,6,9,20H2,1-2H3,(H,21,22). The van der Waals surface area contributed by atoms with Crippen LogP contribution in [0.5, 0.6) is 5.75 Å². The molecule has 1 aliphatic rings. The Labute approximate surface area is 136 Å². The highest BCUT2D eigenvalue weighted by Gasteiger charge is 2.20. The van der Waals surface area contributed by atoms with Crippen molar-refractivity contribution in [2.45, 2.75) is 32.2 Å². The molecule has 0 bridgehead atoms. The van der Waals surface area contributed by atoms with E-state index < -0.39 is 0 Å². The quantitative estimate of drug-likeness (QED) is 0.911. The summed E-state index contributed by atoms with van der Waals surface area (Å²) in [6.07, 6.45) is 2.18. The van der Waals surface area contributed by atoms with Crippen LogP contribution in [0.15, 0.2) is 36.4 Å². The molecule has 3 rings (SSSR count). The maximum absolute atomic E-state index is 11.6. The average molecular weight is 310 g/mol. The molecule has 0 saturated carbocycles. The predicted molar refractivity (Wildman–Crippen MR) is 91.8 cm³/mol. The Morgan fingerprint density at radius 2 is 1.91 bits per heavy atom. The Morgan fingerprint density at radius 3 is 2.57 bits per heavy atom. The number of carbonyl (C=O) groups is 1. The van der Waals surface area contributed by atoms with Crippen molar-refractivity contribution in [3.63, 3.8) is 0 Å². The number of anilines is 1. The molecule has 1 amide bonds. The summed E-state index contributed by atoms with van der Waals surface area (Å²) in [5.74, 6) is 0.919. The van der Waals surface area contributed by atoms with Gasteiger partial charge in [-0.25, -0.2) is 0 Å². The van der Waals surface area contributed by atoms with Gasteiger partial charge in [0.15, 0.2) is 0 Å². The van der Waals surface area contributed by atoms with Gasteiger partial charge in [-0.2, -0.15) is 0 Å². The molecule has 120 valence electrons. The van der Waals surface area contributed by atoms with Crippen molar-refractivity contribution in [1.82, 2.24) is 0 Å². The minimum atomic E-state index is -0.186. The second kappa shape index (κ2) is 6.42. The first-order chi connectivity index (χ1) is 11.1. The van der Waals surface area contributed by atoms with Crippen LogP contribution >= 0.6 is 0 Å². The predicted octanol–water partition coefficient (Wildman–Crippen LogP) is 3.19. The van der Waals surface area contributed by atoms with Gasteiger partial charge in [0, 0.05) is 12.1 Å². The summed E-state index contributed by atoms with van der Waals surface area (Å²) >= 11 is 0. The van der Waals surface area contributed by atoms with Crippen LogP contribution in [0.25, 0.3) is 0 Å². The number of amides is 1. The highest BCUT2D eigenvalue weighted by molar-refractivity contribution is 5.95. The number of benzene rings is 2. The van der Waals surface area contributed by atoms with Crippen molar-refractivity contribution in [3.05, 3.63) is 58.7 Å². The highest BCUT2D eigenvalue weighted by Crippen LogP contribution is 2.32. The Kier molecular flexibility index (Phi) is 4.35. The van der Waals surface area contributed by atoms with Crippen molar-refractivity contribution in [3.8, 4) is 5.75 Å². The lowest BCUT2D eigenvalue weighted by Crippen LogP contribution is -2.21. The topological polar surface area (TPSA) is 64.3 Å². The second-order valence-electron chi connectivity index (χ2n) is 5.87. The van der Waals surface area contributed by atoms with Gasteiger partial charge in [-0.05, 0) is 47.2 Å². The van der Waals surface area contributed by atoms with E-state index in [1.165, 1.54) is 5.56 Å². The molecule has 4 nitrogen and oxygen atoms in total. The van der Waals surface area contributed by atoms with Gasteiger partial charge in [0.05, 0.1) is 13.2 Å². The number of methoxy groups -OCH3 is 1. The summed E-state index contributed by atoms with van der Waals surface area (Å²) in [7, 11) is 1.65. The Morgan fingerprint density at radius 1 is 1.17 bits per heavy atom. The van der Waals surface area contributed by atoms with E-state index in [2.05, 4.69) is 24.4 Å². The van der Waals surface area contributed by atoms with Gasteiger partial charge in [0.1, 0.15) is 5.75 Å². The lowest BCUT2D eigenvalue weighted by molar-refractivity contribution is -0.116. The number of fused-ring (bicyclic) bond motifs is 1. The van der Waals surface area contributed by atoms with E-state index in [-0.39, 0.29) is 11.9 Å². The van der Waals surface area contributed by atoms with Crippen molar-refractivity contribution >= 4 is 11.6 Å². The maximum Gasteiger partial charge on any atom is 0.224 e. The number of hydrogen-bond donors (Lipinski definition) is 2. The summed E-state index contributed by atoms with van der Waals surface area (Å²) in [5.41, 5.74) is 11.9. The Bertz CT molecular complexity index is 706. The van der Waals surface area contributed by atoms with E-state index in [0.29, 0.717) is 6.42 Å². The summed E-state index contributed by atoms with van der Waals surface area (Å²) in [5, 5.41) is 3.00. The molecule has 3 N–H and O–H groups in total. The van der Waals surface area contributed by atoms with E-state index in [1.807, 2.05) is 24.3 Å². The van der Waals surface area contributed by atoms with Gasteiger partial charge in [-0.1, -0.05) is 31.2 Å². The smallest absolute Gasteiger partial charge is 0.224 e. The molecular weight excluding hydrogens is 288 g/mol. The third-order valence-corrected chi connectivity index (χ3v) is 4.42. The number of aryl methyl sites for hydroxylation is 2. The summed E-state index contributed by atoms with van der Waals surface area (Å²) in [6.45, 7) is 2.10. The number of hydrogen-bond acceptors (Lipinski definition) is 3. The first kappa shape index (κ1) is 15.6. The van der Waals surface area contributed by atoms with Crippen LogP contribution in [0.2, 0.25) is 0 Å². The molecule has 2 aromatic rings. The third kappa shape index (κ3) is 3.08. The molecule has 23 heavy (non-hydrogen) atoms. The normalized spacial score (nSPS) is 14.8. The van der Waals surface area contributed by atoms with E-state index in [1.54, 1.807) is 7.11 Å². The number of carbonyl (C=O) groups excluding carboxylic acids is 1. The van der Waals surface area contributed by atoms with Crippen LogP contribution in [0.3, 0.4) is 0 Å². The fourth-order valence-electron chi connectivity index (χ4n) is 3.06. The molecule has 1 heterocycles. The maximum atomic E-state index is 11.6. The molecule has 0 spiro atoms. The minimum absolute atomic E-state index is 0.0967. The van der Waals surface area contributed by atoms with Crippen LogP contribution in [-0.4, -0.2) is 13.0 Å². The van der Waals surface area contributed by atoms with Crippen LogP contribution < -0.4 is 15.8 Å². The summed E-state index contributed by atoms with van der Waals surface area (Å²) in [6, 6.07) is 11.9. The van der Waals surface area contributed by atoms with Gasteiger partial charge < -0.3 is 15.8 Å². The second-order valence-corrected chi connectivity index (χ2v) is 5.87. The molecule has 0 aromatic heterocycles. The number of rotatable bonds is 4. The SMILES string of the molecule is CCc1cc(C(N)c2ccc(OC)cc2)cc2c1NC(=O)CC2. The van der Waals surface area contributed by atoms with Gasteiger partial charge in [0.2, 0.25) is 5.91 Å². The molecule has 4 heteroatoms. The average Bonchev–Trinajstić information content (AvgIpc) is 2.60. The van der Waals surface area contributed by atoms with Gasteiger partial charge >= 0.3 is 0 Å².